The average molecular weight is 405 g/mol. The van der Waals surface area contributed by atoms with Crippen LogP contribution < -0.4 is 0 Å². The maximum absolute atomic E-state index is 5.51. The van der Waals surface area contributed by atoms with Crippen LogP contribution in [0.1, 0.15) is 18.7 Å². The van der Waals surface area contributed by atoms with E-state index < -0.39 is 0 Å². The fourth-order valence-electron chi connectivity index (χ4n) is 3.47. The van der Waals surface area contributed by atoms with Crippen molar-refractivity contribution in [2.45, 2.75) is 25.8 Å². The Hall–Kier alpha value is -1.57. The molecule has 0 aromatic carbocycles. The number of halogens is 1. The van der Waals surface area contributed by atoms with Gasteiger partial charge in [0.05, 0.1) is 23.8 Å². The number of methoxy groups -OCH3 is 1. The Morgan fingerprint density at radius 3 is 2.88 bits per heavy atom. The predicted molar refractivity (Wildman–Crippen MR) is 99.7 cm³/mol. The first-order chi connectivity index (χ1) is 12.3. The van der Waals surface area contributed by atoms with Crippen LogP contribution in [-0.4, -0.2) is 46.4 Å². The molecule has 0 bridgehead atoms. The molecule has 1 aliphatic rings. The normalized spacial score (nSPS) is 16.1. The summed E-state index contributed by atoms with van der Waals surface area (Å²) in [7, 11) is 1.72. The van der Waals surface area contributed by atoms with Crippen molar-refractivity contribution in [1.29, 1.82) is 0 Å². The lowest BCUT2D eigenvalue weighted by atomic mass is 10.00. The van der Waals surface area contributed by atoms with Gasteiger partial charge in [0.25, 0.3) is 0 Å². The number of aromatic nitrogens is 4. The van der Waals surface area contributed by atoms with Crippen molar-refractivity contribution in [3.8, 4) is 0 Å². The van der Waals surface area contributed by atoms with Crippen molar-refractivity contribution in [2.75, 3.05) is 26.9 Å². The van der Waals surface area contributed by atoms with Gasteiger partial charge in [-0.25, -0.2) is 4.98 Å². The van der Waals surface area contributed by atoms with E-state index in [1.807, 2.05) is 18.5 Å². The molecule has 0 aliphatic carbocycles. The third kappa shape index (κ3) is 3.41. The highest BCUT2D eigenvalue weighted by Crippen LogP contribution is 2.28. The third-order valence-electron chi connectivity index (χ3n) is 4.77. The molecular weight excluding hydrogens is 384 g/mol. The maximum Gasteiger partial charge on any atom is 0.115 e. The molecule has 0 spiro atoms. The SMILES string of the molecule is COCCc1nc2cnc3cc(Br)cnc3c2n1CC1CCOCC1. The quantitative estimate of drug-likeness (QED) is 0.652. The number of ether oxygens (including phenoxy) is 2. The van der Waals surface area contributed by atoms with Gasteiger partial charge >= 0.3 is 0 Å². The Kier molecular flexibility index (Phi) is 4.96. The molecular formula is C18H21BrN4O2. The van der Waals surface area contributed by atoms with E-state index in [1.54, 1.807) is 7.11 Å². The summed E-state index contributed by atoms with van der Waals surface area (Å²) in [6, 6.07) is 2.00. The standard InChI is InChI=1S/C18H21BrN4O2/c1-24-5-4-16-22-15-10-20-14-8-13(19)9-21-17(14)18(15)23(16)11-12-2-6-25-7-3-12/h8-10,12H,2-7,11H2,1H3. The molecule has 132 valence electrons. The Bertz CT molecular complexity index is 890. The highest BCUT2D eigenvalue weighted by atomic mass is 79.9. The van der Waals surface area contributed by atoms with Gasteiger partial charge in [-0.15, -0.1) is 0 Å². The molecule has 1 fully saturated rings. The van der Waals surface area contributed by atoms with Gasteiger partial charge in [-0.2, -0.15) is 0 Å². The molecule has 3 aromatic heterocycles. The minimum atomic E-state index is 0.603. The number of rotatable bonds is 5. The van der Waals surface area contributed by atoms with Crippen molar-refractivity contribution < 1.29 is 9.47 Å². The first kappa shape index (κ1) is 16.9. The summed E-state index contributed by atoms with van der Waals surface area (Å²) in [5.41, 5.74) is 3.77. The van der Waals surface area contributed by atoms with E-state index in [0.29, 0.717) is 12.5 Å². The molecule has 0 unspecified atom stereocenters. The van der Waals surface area contributed by atoms with Gasteiger partial charge in [-0.1, -0.05) is 0 Å². The zero-order chi connectivity index (χ0) is 17.2. The summed E-state index contributed by atoms with van der Waals surface area (Å²) < 4.78 is 14.1. The van der Waals surface area contributed by atoms with Crippen molar-refractivity contribution >= 4 is 38.0 Å². The lowest BCUT2D eigenvalue weighted by molar-refractivity contribution is 0.0612. The molecule has 1 aliphatic heterocycles. The fourth-order valence-corrected chi connectivity index (χ4v) is 3.79. The fraction of sp³-hybridized carbons (Fsp3) is 0.500. The summed E-state index contributed by atoms with van der Waals surface area (Å²) in [5, 5.41) is 0. The smallest absolute Gasteiger partial charge is 0.115 e. The summed E-state index contributed by atoms with van der Waals surface area (Å²) in [4.78, 5) is 14.0. The van der Waals surface area contributed by atoms with E-state index in [4.69, 9.17) is 14.5 Å². The van der Waals surface area contributed by atoms with Gasteiger partial charge in [0, 0.05) is 44.0 Å². The molecule has 3 aromatic rings. The molecule has 0 amide bonds. The van der Waals surface area contributed by atoms with Crippen LogP contribution in [0, 0.1) is 5.92 Å². The molecule has 7 heteroatoms. The number of hydrogen-bond donors (Lipinski definition) is 0. The van der Waals surface area contributed by atoms with Gasteiger partial charge in [0.1, 0.15) is 16.9 Å². The lowest BCUT2D eigenvalue weighted by Gasteiger charge is -2.23. The predicted octanol–water partition coefficient (Wildman–Crippen LogP) is 3.36. The topological polar surface area (TPSA) is 62.1 Å². The summed E-state index contributed by atoms with van der Waals surface area (Å²) >= 11 is 3.48. The monoisotopic (exact) mass is 404 g/mol. The van der Waals surface area contributed by atoms with Gasteiger partial charge in [0.2, 0.25) is 0 Å². The van der Waals surface area contributed by atoms with Crippen LogP contribution in [0.2, 0.25) is 0 Å². The first-order valence-corrected chi connectivity index (χ1v) is 9.41. The zero-order valence-corrected chi connectivity index (χ0v) is 15.8. The Morgan fingerprint density at radius 1 is 1.24 bits per heavy atom. The minimum Gasteiger partial charge on any atom is -0.384 e. The highest BCUT2D eigenvalue weighted by Gasteiger charge is 2.20. The maximum atomic E-state index is 5.51. The largest absolute Gasteiger partial charge is 0.384 e. The van der Waals surface area contributed by atoms with Crippen LogP contribution in [0.4, 0.5) is 0 Å². The van der Waals surface area contributed by atoms with Crippen molar-refractivity contribution in [1.82, 2.24) is 19.5 Å². The van der Waals surface area contributed by atoms with Gasteiger partial charge in [-0.3, -0.25) is 9.97 Å². The molecule has 0 N–H and O–H groups in total. The van der Waals surface area contributed by atoms with E-state index in [9.17, 15) is 0 Å². The number of imidazole rings is 1. The molecule has 0 radical (unpaired) electrons. The van der Waals surface area contributed by atoms with E-state index >= 15 is 0 Å². The van der Waals surface area contributed by atoms with Crippen LogP contribution in [0.25, 0.3) is 22.1 Å². The third-order valence-corrected chi connectivity index (χ3v) is 5.20. The second-order valence-corrected chi connectivity index (χ2v) is 7.37. The average Bonchev–Trinajstić information content (AvgIpc) is 2.98. The van der Waals surface area contributed by atoms with Crippen molar-refractivity contribution in [2.24, 2.45) is 5.92 Å². The highest BCUT2D eigenvalue weighted by molar-refractivity contribution is 9.10. The van der Waals surface area contributed by atoms with Gasteiger partial charge in [0.15, 0.2) is 0 Å². The van der Waals surface area contributed by atoms with Gasteiger partial charge < -0.3 is 14.0 Å². The Balaban J connectivity index is 1.84. The van der Waals surface area contributed by atoms with E-state index in [-0.39, 0.29) is 0 Å². The lowest BCUT2D eigenvalue weighted by Crippen LogP contribution is -2.21. The number of pyridine rings is 2. The molecule has 0 atom stereocenters. The first-order valence-electron chi connectivity index (χ1n) is 8.62. The van der Waals surface area contributed by atoms with E-state index in [1.165, 1.54) is 0 Å². The number of hydrogen-bond acceptors (Lipinski definition) is 5. The summed E-state index contributed by atoms with van der Waals surface area (Å²) in [6.45, 7) is 3.29. The summed E-state index contributed by atoms with van der Waals surface area (Å²) in [5.74, 6) is 1.65. The number of fused-ring (bicyclic) bond motifs is 3. The van der Waals surface area contributed by atoms with Gasteiger partial charge in [-0.05, 0) is 40.8 Å². The second kappa shape index (κ2) is 7.35. The zero-order valence-electron chi connectivity index (χ0n) is 14.2. The number of nitrogens with zero attached hydrogens (tertiary/aromatic N) is 4. The molecule has 1 saturated heterocycles. The molecule has 4 heterocycles. The minimum absolute atomic E-state index is 0.603. The van der Waals surface area contributed by atoms with Crippen LogP contribution >= 0.6 is 15.9 Å². The second-order valence-electron chi connectivity index (χ2n) is 6.45. The Labute approximate surface area is 154 Å². The molecule has 0 saturated carbocycles. The van der Waals surface area contributed by atoms with Crippen LogP contribution in [0.3, 0.4) is 0 Å². The van der Waals surface area contributed by atoms with Crippen molar-refractivity contribution in [3.63, 3.8) is 0 Å². The van der Waals surface area contributed by atoms with Crippen LogP contribution in [0.5, 0.6) is 0 Å². The van der Waals surface area contributed by atoms with Crippen LogP contribution in [0.15, 0.2) is 22.9 Å². The molecule has 25 heavy (non-hydrogen) atoms. The Morgan fingerprint density at radius 2 is 2.08 bits per heavy atom. The van der Waals surface area contributed by atoms with E-state index in [2.05, 4.69) is 30.5 Å². The van der Waals surface area contributed by atoms with Crippen molar-refractivity contribution in [3.05, 3.63) is 28.8 Å². The van der Waals surface area contributed by atoms with Crippen LogP contribution in [-0.2, 0) is 22.4 Å². The molecule has 4 rings (SSSR count). The summed E-state index contributed by atoms with van der Waals surface area (Å²) in [6.07, 6.45) is 6.63. The molecule has 6 nitrogen and oxygen atoms in total. The van der Waals surface area contributed by atoms with E-state index in [0.717, 1.165) is 71.4 Å².